The Morgan fingerprint density at radius 2 is 1.84 bits per heavy atom. The minimum absolute atomic E-state index is 0.0381. The Balaban J connectivity index is 0.000000426. The molecule has 2 fully saturated rings. The molecule has 4 N–H and O–H groups in total. The summed E-state index contributed by atoms with van der Waals surface area (Å²) >= 11 is -2.27. The highest BCUT2D eigenvalue weighted by atomic mass is 32.2. The Hall–Kier alpha value is -2.53. The minimum Gasteiger partial charge on any atom is -0.768 e. The number of alkyl halides is 3. The number of anilines is 1. The number of thioether (sulfide) groups is 1. The van der Waals surface area contributed by atoms with Crippen molar-refractivity contribution in [1.82, 2.24) is 19.4 Å². The van der Waals surface area contributed by atoms with E-state index in [2.05, 4.69) is 5.10 Å². The molecule has 1 unspecified atom stereocenters. The van der Waals surface area contributed by atoms with E-state index in [-0.39, 0.29) is 45.0 Å². The fourth-order valence-electron chi connectivity index (χ4n) is 3.10. The summed E-state index contributed by atoms with van der Waals surface area (Å²) in [7, 11) is 6.00. The highest BCUT2D eigenvalue weighted by Crippen LogP contribution is 2.32. The molecule has 2 aromatic rings. The van der Waals surface area contributed by atoms with Crippen LogP contribution in [0.15, 0.2) is 23.2 Å². The first kappa shape index (κ1) is 31.7. The van der Waals surface area contributed by atoms with Crippen molar-refractivity contribution in [3.05, 3.63) is 23.9 Å². The van der Waals surface area contributed by atoms with E-state index in [1.165, 1.54) is 22.8 Å². The van der Waals surface area contributed by atoms with E-state index in [0.29, 0.717) is 32.0 Å². The van der Waals surface area contributed by atoms with Crippen LogP contribution in [0.25, 0.3) is 5.52 Å². The fourth-order valence-corrected chi connectivity index (χ4v) is 4.09. The number of amides is 1. The van der Waals surface area contributed by atoms with Crippen LogP contribution in [0.1, 0.15) is 18.4 Å². The summed E-state index contributed by atoms with van der Waals surface area (Å²) in [4.78, 5) is 16.3. The summed E-state index contributed by atoms with van der Waals surface area (Å²) in [6, 6.07) is 2.74. The second kappa shape index (κ2) is 14.0. The number of piperazine rings is 1. The molecular weight excluding hydrogens is 545 g/mol. The maximum Gasteiger partial charge on any atom is 0.285 e. The first-order chi connectivity index (χ1) is 17.8. The molecular formula is C22H32F3N8O3S2-. The van der Waals surface area contributed by atoms with Crippen molar-refractivity contribution >= 4 is 50.7 Å². The van der Waals surface area contributed by atoms with Gasteiger partial charge in [0.25, 0.3) is 6.43 Å². The maximum atomic E-state index is 12.6. The Kier molecular flexibility index (Phi) is 11.7. The quantitative estimate of drug-likeness (QED) is 0.203. The Bertz CT molecular complexity index is 1150. The van der Waals surface area contributed by atoms with E-state index < -0.39 is 22.5 Å². The van der Waals surface area contributed by atoms with E-state index in [0.717, 1.165) is 19.3 Å². The second-order valence-electron chi connectivity index (χ2n) is 9.20. The molecule has 1 aliphatic carbocycles. The van der Waals surface area contributed by atoms with E-state index in [4.69, 9.17) is 16.6 Å². The molecule has 0 bridgehead atoms. The number of aromatic nitrogens is 2. The van der Waals surface area contributed by atoms with Gasteiger partial charge in [-0.1, -0.05) is 0 Å². The summed E-state index contributed by atoms with van der Waals surface area (Å²) in [5.74, 6) is 0.454. The minimum atomic E-state index is -3.00. The molecule has 0 aromatic carbocycles. The number of rotatable bonds is 6. The number of pyridine rings is 1. The lowest BCUT2D eigenvalue weighted by molar-refractivity contribution is -0.118. The van der Waals surface area contributed by atoms with Crippen LogP contribution in [0.2, 0.25) is 0 Å². The fraction of sp³-hybridized carbons (Fsp3) is 0.545. The van der Waals surface area contributed by atoms with Gasteiger partial charge >= 0.3 is 0 Å². The SMILES string of the molecule is CN(C)C.N=C(SC(=N)C(F)F)c1cnn2c(N3CCN(C=O)CC3)cc(S(=O)[O-])cc12.NC1(CF)CC1. The molecule has 1 atom stereocenters. The third-order valence-electron chi connectivity index (χ3n) is 5.37. The number of carbonyl (C=O) groups is 1. The lowest BCUT2D eigenvalue weighted by Gasteiger charge is -2.34. The Morgan fingerprint density at radius 3 is 2.26 bits per heavy atom. The average Bonchev–Trinajstić information content (AvgIpc) is 3.46. The lowest BCUT2D eigenvalue weighted by atomic mass is 10.2. The molecule has 2 aromatic heterocycles. The van der Waals surface area contributed by atoms with Crippen molar-refractivity contribution in [3.8, 4) is 0 Å². The number of hydrogen-bond donors (Lipinski definition) is 3. The molecule has 1 saturated heterocycles. The van der Waals surface area contributed by atoms with Crippen molar-refractivity contribution in [3.63, 3.8) is 0 Å². The zero-order chi connectivity index (χ0) is 28.6. The Labute approximate surface area is 225 Å². The van der Waals surface area contributed by atoms with Gasteiger partial charge in [-0.3, -0.25) is 19.8 Å². The number of halogens is 3. The zero-order valence-corrected chi connectivity index (χ0v) is 23.0. The molecule has 4 rings (SSSR count). The van der Waals surface area contributed by atoms with Crippen molar-refractivity contribution in [1.29, 1.82) is 10.8 Å². The smallest absolute Gasteiger partial charge is 0.285 e. The van der Waals surface area contributed by atoms with E-state index in [1.807, 2.05) is 30.9 Å². The summed E-state index contributed by atoms with van der Waals surface area (Å²) in [5.41, 5.74) is 5.30. The predicted octanol–water partition coefficient (Wildman–Crippen LogP) is 1.78. The molecule has 0 spiro atoms. The maximum absolute atomic E-state index is 12.6. The molecule has 212 valence electrons. The third-order valence-corrected chi connectivity index (χ3v) is 6.81. The number of carbonyl (C=O) groups excluding carboxylic acids is 1. The van der Waals surface area contributed by atoms with Gasteiger partial charge < -0.3 is 25.0 Å². The average molecular weight is 578 g/mol. The van der Waals surface area contributed by atoms with Crippen molar-refractivity contribution in [2.75, 3.05) is 58.9 Å². The van der Waals surface area contributed by atoms with Crippen LogP contribution in [0.4, 0.5) is 19.0 Å². The molecule has 16 heteroatoms. The largest absolute Gasteiger partial charge is 0.768 e. The van der Waals surface area contributed by atoms with Gasteiger partial charge in [0.15, 0.2) is 0 Å². The number of nitrogens with zero attached hydrogens (tertiary/aromatic N) is 5. The zero-order valence-electron chi connectivity index (χ0n) is 21.3. The molecule has 1 aliphatic heterocycles. The summed E-state index contributed by atoms with van der Waals surface area (Å²) in [6.07, 6.45) is 0.791. The number of fused-ring (bicyclic) bond motifs is 1. The molecule has 1 amide bonds. The number of nitrogens with two attached hydrogens (primary N) is 1. The van der Waals surface area contributed by atoms with Gasteiger partial charge in [-0.2, -0.15) is 5.10 Å². The van der Waals surface area contributed by atoms with E-state index >= 15 is 0 Å². The second-order valence-corrected chi connectivity index (χ2v) is 11.2. The van der Waals surface area contributed by atoms with Gasteiger partial charge in [-0.05, 0) is 69.0 Å². The Morgan fingerprint density at radius 1 is 1.26 bits per heavy atom. The van der Waals surface area contributed by atoms with Crippen LogP contribution >= 0.6 is 11.8 Å². The van der Waals surface area contributed by atoms with Crippen LogP contribution in [-0.4, -0.2) is 111 Å². The first-order valence-electron chi connectivity index (χ1n) is 11.5. The van der Waals surface area contributed by atoms with Gasteiger partial charge in [0.1, 0.15) is 22.6 Å². The van der Waals surface area contributed by atoms with Crippen LogP contribution in [0.5, 0.6) is 0 Å². The topological polar surface area (TPSA) is 158 Å². The molecule has 38 heavy (non-hydrogen) atoms. The highest BCUT2D eigenvalue weighted by molar-refractivity contribution is 8.26. The third kappa shape index (κ3) is 9.04. The standard InChI is InChI=1S/C15H16F2N6O3S2.C4H8FN.C3H9N/c16-13(17)15(19)27-14(18)10-7-20-23-11(10)5-9(28(25)26)6-12(23)22-3-1-21(8-24)2-4-22;5-3-4(6)1-2-4;1-4(2)3/h5-8,13,18-19H,1-4H2,(H,25,26);1-3,6H2;1-3H3/p-1. The molecule has 3 heterocycles. The molecule has 0 radical (unpaired) electrons. The van der Waals surface area contributed by atoms with Crippen molar-refractivity contribution in [2.24, 2.45) is 5.73 Å². The molecule has 11 nitrogen and oxygen atoms in total. The highest BCUT2D eigenvalue weighted by Gasteiger charge is 2.37. The van der Waals surface area contributed by atoms with Gasteiger partial charge in [0.2, 0.25) is 6.41 Å². The summed E-state index contributed by atoms with van der Waals surface area (Å²) in [5, 5.41) is 18.1. The molecule has 2 aliphatic rings. The van der Waals surface area contributed by atoms with Gasteiger partial charge in [-0.25, -0.2) is 17.7 Å². The van der Waals surface area contributed by atoms with Crippen molar-refractivity contribution < 1.29 is 26.7 Å². The van der Waals surface area contributed by atoms with Crippen LogP contribution < -0.4 is 10.6 Å². The van der Waals surface area contributed by atoms with Crippen LogP contribution in [0, 0.1) is 10.8 Å². The first-order valence-corrected chi connectivity index (χ1v) is 13.4. The molecule has 1 saturated carbocycles. The summed E-state index contributed by atoms with van der Waals surface area (Å²) in [6.45, 7) is 1.50. The lowest BCUT2D eigenvalue weighted by Crippen LogP contribution is -2.46. The van der Waals surface area contributed by atoms with Crippen LogP contribution in [-0.2, 0) is 15.9 Å². The van der Waals surface area contributed by atoms with Gasteiger partial charge in [0, 0.05) is 36.6 Å². The number of hydrogen-bond acceptors (Lipinski definition) is 10. The van der Waals surface area contributed by atoms with E-state index in [9.17, 15) is 26.7 Å². The predicted molar refractivity (Wildman–Crippen MR) is 142 cm³/mol. The van der Waals surface area contributed by atoms with Gasteiger partial charge in [0.05, 0.1) is 17.3 Å². The van der Waals surface area contributed by atoms with Crippen molar-refractivity contribution in [2.45, 2.75) is 29.7 Å². The summed E-state index contributed by atoms with van der Waals surface area (Å²) < 4.78 is 61.2. The monoisotopic (exact) mass is 577 g/mol. The number of nitrogens with one attached hydrogen (secondary N) is 2. The van der Waals surface area contributed by atoms with E-state index in [1.54, 1.807) is 4.90 Å². The van der Waals surface area contributed by atoms with Crippen LogP contribution in [0.3, 0.4) is 0 Å². The van der Waals surface area contributed by atoms with Gasteiger partial charge in [-0.15, -0.1) is 0 Å². The normalized spacial score (nSPS) is 16.9.